The molecule has 1 aromatic carbocycles. The topological polar surface area (TPSA) is 45.1 Å². The SMILES string of the molecule is OCC1=Cc2cc(Cl)ccc2C(C2CCNCC2)c2ncc(Br)cc21. The van der Waals surface area contributed by atoms with Crippen molar-refractivity contribution >= 4 is 39.2 Å². The quantitative estimate of drug-likeness (QED) is 0.754. The molecule has 0 spiro atoms. The van der Waals surface area contributed by atoms with Crippen molar-refractivity contribution in [3.63, 3.8) is 0 Å². The van der Waals surface area contributed by atoms with Crippen LogP contribution in [0.1, 0.15) is 41.1 Å². The fourth-order valence-electron chi connectivity index (χ4n) is 4.11. The van der Waals surface area contributed by atoms with Gasteiger partial charge in [-0.25, -0.2) is 0 Å². The van der Waals surface area contributed by atoms with Crippen LogP contribution in [0.4, 0.5) is 0 Å². The van der Waals surface area contributed by atoms with Crippen LogP contribution in [0.3, 0.4) is 0 Å². The largest absolute Gasteiger partial charge is 0.392 e. The fourth-order valence-corrected chi connectivity index (χ4v) is 4.62. The van der Waals surface area contributed by atoms with E-state index in [4.69, 9.17) is 16.6 Å². The lowest BCUT2D eigenvalue weighted by Crippen LogP contribution is -2.32. The number of aromatic nitrogens is 1. The van der Waals surface area contributed by atoms with E-state index in [0.717, 1.165) is 57.8 Å². The zero-order valence-corrected chi connectivity index (χ0v) is 16.1. The van der Waals surface area contributed by atoms with Crippen molar-refractivity contribution in [2.24, 2.45) is 5.92 Å². The van der Waals surface area contributed by atoms with E-state index in [1.54, 1.807) is 0 Å². The lowest BCUT2D eigenvalue weighted by molar-refractivity contribution is 0.337. The summed E-state index contributed by atoms with van der Waals surface area (Å²) in [6.45, 7) is 2.06. The molecule has 0 radical (unpaired) electrons. The molecular weight excluding hydrogens is 400 g/mol. The first-order chi connectivity index (χ1) is 12.2. The normalized spacial score (nSPS) is 20.4. The van der Waals surface area contributed by atoms with E-state index < -0.39 is 0 Å². The minimum Gasteiger partial charge on any atom is -0.392 e. The molecule has 1 aliphatic carbocycles. The summed E-state index contributed by atoms with van der Waals surface area (Å²) in [7, 11) is 0. The Hall–Kier alpha value is -1.20. The van der Waals surface area contributed by atoms with Gasteiger partial charge in [-0.05, 0) is 88.8 Å². The molecule has 3 nitrogen and oxygen atoms in total. The standard InChI is InChI=1S/C20H20BrClN2O/c21-15-9-18-14(11-25)7-13-8-16(22)1-2-17(13)19(20(18)24-10-15)12-3-5-23-6-4-12/h1-2,7-10,12,19,23,25H,3-6,11H2. The van der Waals surface area contributed by atoms with Gasteiger partial charge in [0.25, 0.3) is 0 Å². The maximum atomic E-state index is 9.99. The Morgan fingerprint density at radius 2 is 2.04 bits per heavy atom. The van der Waals surface area contributed by atoms with Gasteiger partial charge >= 0.3 is 0 Å². The lowest BCUT2D eigenvalue weighted by atomic mass is 9.76. The molecule has 2 heterocycles. The van der Waals surface area contributed by atoms with Gasteiger partial charge in [0.05, 0.1) is 12.3 Å². The molecule has 2 aliphatic rings. The van der Waals surface area contributed by atoms with Crippen molar-refractivity contribution in [1.29, 1.82) is 0 Å². The highest BCUT2D eigenvalue weighted by Crippen LogP contribution is 2.44. The number of pyridine rings is 1. The van der Waals surface area contributed by atoms with Crippen LogP contribution >= 0.6 is 27.5 Å². The second-order valence-corrected chi connectivity index (χ2v) is 8.10. The van der Waals surface area contributed by atoms with Crippen molar-refractivity contribution in [2.75, 3.05) is 19.7 Å². The minimum atomic E-state index is -0.0178. The molecule has 1 unspecified atom stereocenters. The van der Waals surface area contributed by atoms with Crippen LogP contribution in [0.15, 0.2) is 34.9 Å². The molecule has 25 heavy (non-hydrogen) atoms. The number of hydrogen-bond acceptors (Lipinski definition) is 3. The number of hydrogen-bond donors (Lipinski definition) is 2. The summed E-state index contributed by atoms with van der Waals surface area (Å²) in [4.78, 5) is 4.80. The molecule has 4 rings (SSSR count). The first kappa shape index (κ1) is 17.2. The first-order valence-electron chi connectivity index (χ1n) is 8.65. The van der Waals surface area contributed by atoms with Gasteiger partial charge in [-0.2, -0.15) is 0 Å². The average Bonchev–Trinajstić information content (AvgIpc) is 2.76. The monoisotopic (exact) mass is 418 g/mol. The molecule has 1 aromatic heterocycles. The van der Waals surface area contributed by atoms with E-state index in [0.29, 0.717) is 5.92 Å². The van der Waals surface area contributed by atoms with Crippen LogP contribution in [0.2, 0.25) is 5.02 Å². The maximum Gasteiger partial charge on any atom is 0.0688 e. The van der Waals surface area contributed by atoms with Crippen molar-refractivity contribution in [2.45, 2.75) is 18.8 Å². The fraction of sp³-hybridized carbons (Fsp3) is 0.350. The summed E-state index contributed by atoms with van der Waals surface area (Å²) in [6.07, 6.45) is 6.18. The predicted octanol–water partition coefficient (Wildman–Crippen LogP) is 4.48. The smallest absolute Gasteiger partial charge is 0.0688 e. The summed E-state index contributed by atoms with van der Waals surface area (Å²) in [5.74, 6) is 0.748. The molecule has 5 heteroatoms. The van der Waals surface area contributed by atoms with E-state index in [2.05, 4.69) is 39.5 Å². The van der Waals surface area contributed by atoms with Crippen molar-refractivity contribution in [3.8, 4) is 0 Å². The summed E-state index contributed by atoms with van der Waals surface area (Å²) in [5, 5.41) is 14.2. The van der Waals surface area contributed by atoms with E-state index >= 15 is 0 Å². The molecule has 1 saturated heterocycles. The van der Waals surface area contributed by atoms with Gasteiger partial charge in [-0.15, -0.1) is 0 Å². The Morgan fingerprint density at radius 3 is 2.80 bits per heavy atom. The Morgan fingerprint density at radius 1 is 1.24 bits per heavy atom. The van der Waals surface area contributed by atoms with Crippen LogP contribution in [0.25, 0.3) is 11.6 Å². The minimum absolute atomic E-state index is 0.0178. The van der Waals surface area contributed by atoms with Gasteiger partial charge in [-0.1, -0.05) is 17.7 Å². The zero-order valence-electron chi connectivity index (χ0n) is 13.8. The van der Waals surface area contributed by atoms with E-state index in [-0.39, 0.29) is 12.5 Å². The van der Waals surface area contributed by atoms with E-state index in [9.17, 15) is 5.11 Å². The highest BCUT2D eigenvalue weighted by molar-refractivity contribution is 9.10. The molecule has 2 N–H and O–H groups in total. The van der Waals surface area contributed by atoms with Gasteiger partial charge in [0.2, 0.25) is 0 Å². The zero-order chi connectivity index (χ0) is 17.4. The Bertz CT molecular complexity index is 830. The van der Waals surface area contributed by atoms with Gasteiger partial charge in [0.15, 0.2) is 0 Å². The first-order valence-corrected chi connectivity index (χ1v) is 9.82. The molecule has 2 aromatic rings. The number of nitrogens with one attached hydrogen (secondary N) is 1. The number of fused-ring (bicyclic) bond motifs is 2. The molecule has 1 aliphatic heterocycles. The predicted molar refractivity (Wildman–Crippen MR) is 106 cm³/mol. The number of aliphatic hydroxyl groups excluding tert-OH is 1. The highest BCUT2D eigenvalue weighted by atomic mass is 79.9. The molecule has 1 fully saturated rings. The number of benzene rings is 1. The molecular formula is C20H20BrClN2O. The average molecular weight is 420 g/mol. The van der Waals surface area contributed by atoms with Gasteiger partial charge in [0.1, 0.15) is 0 Å². The summed E-state index contributed by atoms with van der Waals surface area (Å²) < 4.78 is 0.929. The van der Waals surface area contributed by atoms with Crippen LogP contribution in [0, 0.1) is 5.92 Å². The third-order valence-corrected chi connectivity index (χ3v) is 5.93. The summed E-state index contributed by atoms with van der Waals surface area (Å²) >= 11 is 9.80. The van der Waals surface area contributed by atoms with Crippen LogP contribution < -0.4 is 5.32 Å². The van der Waals surface area contributed by atoms with E-state index in [1.807, 2.05) is 18.3 Å². The highest BCUT2D eigenvalue weighted by Gasteiger charge is 2.33. The number of halogens is 2. The molecule has 0 amide bonds. The third-order valence-electron chi connectivity index (χ3n) is 5.26. The lowest BCUT2D eigenvalue weighted by Gasteiger charge is -2.32. The second kappa shape index (κ2) is 7.20. The third kappa shape index (κ3) is 3.28. The molecule has 1 atom stereocenters. The Kier molecular flexibility index (Phi) is 4.96. The Labute approximate surface area is 161 Å². The van der Waals surface area contributed by atoms with Crippen LogP contribution in [0.5, 0.6) is 0 Å². The van der Waals surface area contributed by atoms with Gasteiger partial charge < -0.3 is 10.4 Å². The van der Waals surface area contributed by atoms with Gasteiger partial charge in [0, 0.05) is 27.2 Å². The second-order valence-electron chi connectivity index (χ2n) is 6.75. The number of nitrogens with zero attached hydrogens (tertiary/aromatic N) is 1. The summed E-state index contributed by atoms with van der Waals surface area (Å²) in [5.41, 5.74) is 5.35. The number of rotatable bonds is 2. The van der Waals surface area contributed by atoms with E-state index in [1.165, 1.54) is 5.56 Å². The summed E-state index contributed by atoms with van der Waals surface area (Å²) in [6, 6.07) is 8.17. The maximum absolute atomic E-state index is 9.99. The van der Waals surface area contributed by atoms with Gasteiger partial charge in [-0.3, -0.25) is 4.98 Å². The molecule has 130 valence electrons. The number of aliphatic hydroxyl groups is 1. The van der Waals surface area contributed by atoms with Crippen molar-refractivity contribution < 1.29 is 5.11 Å². The Balaban J connectivity index is 1.95. The molecule has 0 bridgehead atoms. The molecule has 0 saturated carbocycles. The van der Waals surface area contributed by atoms with Crippen LogP contribution in [-0.4, -0.2) is 29.8 Å². The number of piperidine rings is 1. The van der Waals surface area contributed by atoms with Crippen LogP contribution in [-0.2, 0) is 0 Å². The van der Waals surface area contributed by atoms with Crippen molar-refractivity contribution in [1.82, 2.24) is 10.3 Å². The van der Waals surface area contributed by atoms with Crippen molar-refractivity contribution in [3.05, 3.63) is 62.3 Å².